The summed E-state index contributed by atoms with van der Waals surface area (Å²) < 4.78 is 28.2. The number of ether oxygens (including phenoxy) is 1. The Balaban J connectivity index is 2.51. The van der Waals surface area contributed by atoms with E-state index >= 15 is 0 Å². The van der Waals surface area contributed by atoms with E-state index in [0.29, 0.717) is 12.1 Å². The molecule has 0 amide bonds. The Morgan fingerprint density at radius 1 is 1.57 bits per heavy atom. The quantitative estimate of drug-likeness (QED) is 0.576. The van der Waals surface area contributed by atoms with Gasteiger partial charge in [-0.3, -0.25) is 4.79 Å². The molecule has 0 aromatic rings. The molecule has 0 spiro atoms. The highest BCUT2D eigenvalue weighted by Crippen LogP contribution is 2.40. The largest absolute Gasteiger partial charge is 0.468 e. The zero-order valence-corrected chi connectivity index (χ0v) is 13.4. The minimum Gasteiger partial charge on any atom is -0.468 e. The van der Waals surface area contributed by atoms with Gasteiger partial charge in [0.1, 0.15) is 16.9 Å². The summed E-state index contributed by atoms with van der Waals surface area (Å²) in [4.78, 5) is 15.7. The predicted octanol–water partition coefficient (Wildman–Crippen LogP) is 1.42. The molecule has 0 saturated heterocycles. The van der Waals surface area contributed by atoms with Gasteiger partial charge in [0.25, 0.3) is 0 Å². The van der Waals surface area contributed by atoms with Gasteiger partial charge >= 0.3 is 5.97 Å². The number of hydrogen-bond acceptors (Lipinski definition) is 6. The van der Waals surface area contributed by atoms with Crippen molar-refractivity contribution >= 4 is 33.1 Å². The maximum Gasteiger partial charge on any atom is 0.315 e. The summed E-state index contributed by atoms with van der Waals surface area (Å²) >= 11 is 6.58. The van der Waals surface area contributed by atoms with Crippen molar-refractivity contribution in [3.63, 3.8) is 0 Å². The molecular weight excluding hydrogens is 318 g/mol. The molecule has 0 aromatic heterocycles. The molecule has 0 N–H and O–H groups in total. The van der Waals surface area contributed by atoms with Crippen molar-refractivity contribution in [2.75, 3.05) is 13.4 Å². The molecule has 6 nitrogen and oxygen atoms in total. The molecule has 0 fully saturated rings. The SMILES string of the molecule is COC(=O)C1C=CC(S(C)(=O)=O)=CC1(Cl)C1=NOC(C)C1. The summed E-state index contributed by atoms with van der Waals surface area (Å²) in [5.74, 6) is -1.42. The maximum absolute atomic E-state index is 11.9. The van der Waals surface area contributed by atoms with Crippen LogP contribution in [0.1, 0.15) is 13.3 Å². The average molecular weight is 334 g/mol. The third kappa shape index (κ3) is 2.98. The van der Waals surface area contributed by atoms with Crippen LogP contribution in [0.25, 0.3) is 0 Å². The number of hydrogen-bond donors (Lipinski definition) is 0. The molecule has 0 radical (unpaired) electrons. The highest BCUT2D eigenvalue weighted by molar-refractivity contribution is 7.94. The zero-order valence-electron chi connectivity index (χ0n) is 11.9. The highest BCUT2D eigenvalue weighted by atomic mass is 35.5. The van der Waals surface area contributed by atoms with E-state index in [1.165, 1.54) is 25.3 Å². The summed E-state index contributed by atoms with van der Waals surface area (Å²) in [5, 5.41) is 3.90. The third-order valence-corrected chi connectivity index (χ3v) is 5.08. The number of carbonyl (C=O) groups is 1. The van der Waals surface area contributed by atoms with Crippen LogP contribution in [0.5, 0.6) is 0 Å². The molecule has 1 aliphatic heterocycles. The number of oxime groups is 1. The lowest BCUT2D eigenvalue weighted by molar-refractivity contribution is -0.143. The van der Waals surface area contributed by atoms with E-state index in [2.05, 4.69) is 5.16 Å². The summed E-state index contributed by atoms with van der Waals surface area (Å²) in [6, 6.07) is 0. The summed E-state index contributed by atoms with van der Waals surface area (Å²) in [6.45, 7) is 1.81. The lowest BCUT2D eigenvalue weighted by Crippen LogP contribution is -2.44. The van der Waals surface area contributed by atoms with Crippen LogP contribution in [0.3, 0.4) is 0 Å². The number of carbonyl (C=O) groups excluding carboxylic acids is 1. The van der Waals surface area contributed by atoms with E-state index in [9.17, 15) is 13.2 Å². The number of rotatable bonds is 3. The van der Waals surface area contributed by atoms with Gasteiger partial charge in [-0.2, -0.15) is 0 Å². The van der Waals surface area contributed by atoms with E-state index in [4.69, 9.17) is 21.2 Å². The highest BCUT2D eigenvalue weighted by Gasteiger charge is 2.48. The number of halogens is 1. The normalized spacial score (nSPS) is 32.2. The van der Waals surface area contributed by atoms with Crippen LogP contribution in [0.2, 0.25) is 0 Å². The van der Waals surface area contributed by atoms with Crippen molar-refractivity contribution < 1.29 is 22.8 Å². The van der Waals surface area contributed by atoms with Gasteiger partial charge in [-0.25, -0.2) is 8.42 Å². The Hall–Kier alpha value is -1.34. The first-order valence-electron chi connectivity index (χ1n) is 6.29. The Morgan fingerprint density at radius 3 is 2.71 bits per heavy atom. The van der Waals surface area contributed by atoms with Crippen molar-refractivity contribution in [2.24, 2.45) is 11.1 Å². The molecular formula is C13H16ClNO5S. The molecule has 3 atom stereocenters. The van der Waals surface area contributed by atoms with Gasteiger partial charge in [-0.1, -0.05) is 11.2 Å². The van der Waals surface area contributed by atoms with E-state index in [0.717, 1.165) is 6.26 Å². The van der Waals surface area contributed by atoms with E-state index in [-0.39, 0.29) is 11.0 Å². The summed E-state index contributed by atoms with van der Waals surface area (Å²) in [7, 11) is -2.21. The molecule has 116 valence electrons. The summed E-state index contributed by atoms with van der Waals surface area (Å²) in [6.07, 6.45) is 5.45. The standard InChI is InChI=1S/C13H16ClNO5S/c1-8-6-11(15-20-8)13(14)7-9(21(3,17)18)4-5-10(13)12(16)19-2/h4-5,7-8,10H,6H2,1-3H3. The lowest BCUT2D eigenvalue weighted by Gasteiger charge is -2.31. The first kappa shape index (κ1) is 16.0. The molecule has 1 aliphatic carbocycles. The van der Waals surface area contributed by atoms with E-state index in [1.807, 2.05) is 6.92 Å². The van der Waals surface area contributed by atoms with Crippen molar-refractivity contribution in [3.8, 4) is 0 Å². The molecule has 0 bridgehead atoms. The average Bonchev–Trinajstić information content (AvgIpc) is 2.84. The van der Waals surface area contributed by atoms with Crippen LogP contribution in [-0.2, 0) is 24.2 Å². The van der Waals surface area contributed by atoms with Gasteiger partial charge < -0.3 is 9.57 Å². The second-order valence-electron chi connectivity index (χ2n) is 5.11. The Labute approximate surface area is 128 Å². The molecule has 3 unspecified atom stereocenters. The van der Waals surface area contributed by atoms with Gasteiger partial charge in [0.05, 0.1) is 17.7 Å². The van der Waals surface area contributed by atoms with Crippen LogP contribution in [-0.4, -0.2) is 44.4 Å². The Morgan fingerprint density at radius 2 is 2.24 bits per heavy atom. The Kier molecular flexibility index (Phi) is 4.17. The Bertz CT molecular complexity index is 651. The van der Waals surface area contributed by atoms with Crippen molar-refractivity contribution in [1.29, 1.82) is 0 Å². The van der Waals surface area contributed by atoms with Crippen molar-refractivity contribution in [2.45, 2.75) is 24.3 Å². The molecule has 0 aromatic carbocycles. The van der Waals surface area contributed by atoms with Crippen LogP contribution < -0.4 is 0 Å². The second kappa shape index (κ2) is 5.46. The number of esters is 1. The lowest BCUT2D eigenvalue weighted by atomic mass is 9.82. The fraction of sp³-hybridized carbons (Fsp3) is 0.538. The second-order valence-corrected chi connectivity index (χ2v) is 7.75. The van der Waals surface area contributed by atoms with Gasteiger partial charge in [0, 0.05) is 12.7 Å². The third-order valence-electron chi connectivity index (χ3n) is 3.41. The monoisotopic (exact) mass is 333 g/mol. The topological polar surface area (TPSA) is 82.0 Å². The van der Waals surface area contributed by atoms with Crippen LogP contribution >= 0.6 is 11.6 Å². The number of sulfone groups is 1. The van der Waals surface area contributed by atoms with E-state index in [1.54, 1.807) is 0 Å². The first-order valence-corrected chi connectivity index (χ1v) is 8.56. The molecule has 0 saturated carbocycles. The molecule has 21 heavy (non-hydrogen) atoms. The number of alkyl halides is 1. The predicted molar refractivity (Wildman–Crippen MR) is 78.8 cm³/mol. The van der Waals surface area contributed by atoms with Gasteiger partial charge in [-0.15, -0.1) is 11.6 Å². The molecule has 2 aliphatic rings. The first-order chi connectivity index (χ1) is 9.68. The van der Waals surface area contributed by atoms with Gasteiger partial charge in [0.2, 0.25) is 0 Å². The molecule has 1 heterocycles. The van der Waals surface area contributed by atoms with Crippen LogP contribution in [0.15, 0.2) is 28.3 Å². The zero-order chi connectivity index (χ0) is 15.8. The van der Waals surface area contributed by atoms with Crippen molar-refractivity contribution in [3.05, 3.63) is 23.1 Å². The summed E-state index contributed by atoms with van der Waals surface area (Å²) in [5.41, 5.74) is 0.414. The fourth-order valence-electron chi connectivity index (χ4n) is 2.27. The van der Waals surface area contributed by atoms with Gasteiger partial charge in [-0.05, 0) is 19.1 Å². The number of methoxy groups -OCH3 is 1. The van der Waals surface area contributed by atoms with Crippen molar-refractivity contribution in [1.82, 2.24) is 0 Å². The minimum atomic E-state index is -3.45. The maximum atomic E-state index is 11.9. The number of nitrogens with zero attached hydrogens (tertiary/aromatic N) is 1. The van der Waals surface area contributed by atoms with Crippen LogP contribution in [0, 0.1) is 5.92 Å². The minimum absolute atomic E-state index is 0.0416. The van der Waals surface area contributed by atoms with Gasteiger partial charge in [0.15, 0.2) is 9.84 Å². The smallest absolute Gasteiger partial charge is 0.315 e. The number of allylic oxidation sites excluding steroid dienone is 2. The fourth-order valence-corrected chi connectivity index (χ4v) is 3.45. The van der Waals surface area contributed by atoms with Crippen LogP contribution in [0.4, 0.5) is 0 Å². The molecule has 8 heteroatoms. The van der Waals surface area contributed by atoms with E-state index < -0.39 is 26.6 Å². The molecule has 2 rings (SSSR count).